The van der Waals surface area contributed by atoms with E-state index in [1.165, 1.54) is 173 Å². The third-order valence-electron chi connectivity index (χ3n) is 10.8. The highest BCUT2D eigenvalue weighted by molar-refractivity contribution is 5.76. The van der Waals surface area contributed by atoms with Crippen molar-refractivity contribution in [1.82, 2.24) is 5.32 Å². The Morgan fingerprint density at radius 2 is 0.759 bits per heavy atom. The standard InChI is InChI=1S/C50H93NO3/c1-3-5-7-9-11-13-15-17-19-21-23-24-25-26-28-29-31-33-35-37-39-41-43-45-49(53)48(47-52)51-50(54)46-44-42-40-38-36-34-32-30-27-22-20-18-16-14-12-10-8-6-4-2/h12,14,18,20,27,30,43,45,48-49,52-53H,3-11,13,15-17,19,21-26,28-29,31-42,44,46-47H2,1-2H3,(H,51,54)/b14-12-,20-18-,30-27-,45-43+. The molecule has 316 valence electrons. The maximum atomic E-state index is 12.4. The molecule has 0 aliphatic heterocycles. The van der Waals surface area contributed by atoms with Crippen molar-refractivity contribution in [2.45, 2.75) is 257 Å². The number of aliphatic hydroxyl groups is 2. The van der Waals surface area contributed by atoms with Crippen LogP contribution in [0.1, 0.15) is 245 Å². The number of amides is 1. The Morgan fingerprint density at radius 1 is 0.444 bits per heavy atom. The summed E-state index contributed by atoms with van der Waals surface area (Å²) in [5.41, 5.74) is 0. The molecule has 2 atom stereocenters. The molecule has 0 aliphatic rings. The first-order valence-corrected chi connectivity index (χ1v) is 23.9. The van der Waals surface area contributed by atoms with Crippen LogP contribution < -0.4 is 5.32 Å². The number of aliphatic hydroxyl groups excluding tert-OH is 2. The van der Waals surface area contributed by atoms with Gasteiger partial charge in [-0.05, 0) is 57.8 Å². The first-order valence-electron chi connectivity index (χ1n) is 23.9. The Labute approximate surface area is 337 Å². The quantitative estimate of drug-likeness (QED) is 0.0429. The van der Waals surface area contributed by atoms with Crippen LogP contribution in [0.4, 0.5) is 0 Å². The summed E-state index contributed by atoms with van der Waals surface area (Å²) in [6.07, 6.45) is 62.3. The molecule has 0 aromatic rings. The summed E-state index contributed by atoms with van der Waals surface area (Å²) in [5, 5.41) is 23.1. The van der Waals surface area contributed by atoms with Crippen LogP contribution in [-0.2, 0) is 4.79 Å². The van der Waals surface area contributed by atoms with Crippen LogP contribution in [0, 0.1) is 0 Å². The summed E-state index contributed by atoms with van der Waals surface area (Å²) in [6, 6.07) is -0.630. The molecule has 0 fully saturated rings. The fourth-order valence-corrected chi connectivity index (χ4v) is 7.13. The van der Waals surface area contributed by atoms with Crippen molar-refractivity contribution < 1.29 is 15.0 Å². The van der Waals surface area contributed by atoms with Gasteiger partial charge in [0.1, 0.15) is 0 Å². The highest BCUT2D eigenvalue weighted by atomic mass is 16.3. The number of allylic oxidation sites excluding steroid dienone is 7. The predicted molar refractivity (Wildman–Crippen MR) is 239 cm³/mol. The van der Waals surface area contributed by atoms with Crippen LogP contribution in [0.25, 0.3) is 0 Å². The second-order valence-electron chi connectivity index (χ2n) is 16.2. The number of hydrogen-bond donors (Lipinski definition) is 3. The van der Waals surface area contributed by atoms with Gasteiger partial charge in [0.25, 0.3) is 0 Å². The Balaban J connectivity index is 3.57. The number of unbranched alkanes of at least 4 members (excludes halogenated alkanes) is 30. The molecule has 0 radical (unpaired) electrons. The lowest BCUT2D eigenvalue weighted by atomic mass is 10.0. The van der Waals surface area contributed by atoms with E-state index >= 15 is 0 Å². The van der Waals surface area contributed by atoms with Gasteiger partial charge in [-0.25, -0.2) is 0 Å². The van der Waals surface area contributed by atoms with Crippen molar-refractivity contribution in [2.24, 2.45) is 0 Å². The molecule has 4 heteroatoms. The van der Waals surface area contributed by atoms with Gasteiger partial charge in [0.15, 0.2) is 0 Å². The van der Waals surface area contributed by atoms with E-state index in [0.717, 1.165) is 51.4 Å². The number of rotatable bonds is 43. The minimum Gasteiger partial charge on any atom is -0.394 e. The number of carbonyl (C=O) groups excluding carboxylic acids is 1. The fraction of sp³-hybridized carbons (Fsp3) is 0.820. The first-order chi connectivity index (χ1) is 26.7. The summed E-state index contributed by atoms with van der Waals surface area (Å²) < 4.78 is 0. The van der Waals surface area contributed by atoms with Crippen molar-refractivity contribution >= 4 is 5.91 Å². The minimum atomic E-state index is -0.846. The van der Waals surface area contributed by atoms with Crippen LogP contribution in [0.5, 0.6) is 0 Å². The Hall–Kier alpha value is -1.65. The van der Waals surface area contributed by atoms with Gasteiger partial charge in [-0.3, -0.25) is 4.79 Å². The highest BCUT2D eigenvalue weighted by Crippen LogP contribution is 2.16. The molecule has 0 rings (SSSR count). The van der Waals surface area contributed by atoms with Crippen LogP contribution in [-0.4, -0.2) is 34.9 Å². The van der Waals surface area contributed by atoms with E-state index in [2.05, 4.69) is 55.6 Å². The molecular formula is C50H93NO3. The van der Waals surface area contributed by atoms with Crippen molar-refractivity contribution in [2.75, 3.05) is 6.61 Å². The molecule has 0 aromatic heterocycles. The summed E-state index contributed by atoms with van der Waals surface area (Å²) in [6.45, 7) is 4.29. The van der Waals surface area contributed by atoms with Gasteiger partial charge >= 0.3 is 0 Å². The maximum absolute atomic E-state index is 12.4. The largest absolute Gasteiger partial charge is 0.394 e. The van der Waals surface area contributed by atoms with Crippen LogP contribution >= 0.6 is 0 Å². The molecular weight excluding hydrogens is 663 g/mol. The van der Waals surface area contributed by atoms with Gasteiger partial charge in [0, 0.05) is 6.42 Å². The lowest BCUT2D eigenvalue weighted by Crippen LogP contribution is -2.45. The van der Waals surface area contributed by atoms with Crippen molar-refractivity contribution in [3.05, 3.63) is 48.6 Å². The minimum absolute atomic E-state index is 0.0759. The normalized spacial score (nSPS) is 13.3. The third-order valence-corrected chi connectivity index (χ3v) is 10.8. The van der Waals surface area contributed by atoms with E-state index in [1.807, 2.05) is 6.08 Å². The molecule has 0 bridgehead atoms. The number of hydrogen-bond acceptors (Lipinski definition) is 3. The second kappa shape index (κ2) is 45.7. The van der Waals surface area contributed by atoms with Gasteiger partial charge < -0.3 is 15.5 Å². The number of carbonyl (C=O) groups is 1. The summed E-state index contributed by atoms with van der Waals surface area (Å²) in [5.74, 6) is -0.0759. The average Bonchev–Trinajstić information content (AvgIpc) is 3.18. The maximum Gasteiger partial charge on any atom is 0.220 e. The third kappa shape index (κ3) is 41.5. The summed E-state index contributed by atoms with van der Waals surface area (Å²) >= 11 is 0. The fourth-order valence-electron chi connectivity index (χ4n) is 7.13. The van der Waals surface area contributed by atoms with Gasteiger partial charge in [0.2, 0.25) is 5.91 Å². The van der Waals surface area contributed by atoms with Gasteiger partial charge in [-0.1, -0.05) is 229 Å². The van der Waals surface area contributed by atoms with Gasteiger partial charge in [-0.15, -0.1) is 0 Å². The summed E-state index contributed by atoms with van der Waals surface area (Å²) in [4.78, 5) is 12.4. The molecule has 0 saturated carbocycles. The van der Waals surface area contributed by atoms with Crippen LogP contribution in [0.3, 0.4) is 0 Å². The van der Waals surface area contributed by atoms with E-state index in [9.17, 15) is 15.0 Å². The lowest BCUT2D eigenvalue weighted by molar-refractivity contribution is -0.123. The molecule has 3 N–H and O–H groups in total. The van der Waals surface area contributed by atoms with E-state index in [0.29, 0.717) is 6.42 Å². The van der Waals surface area contributed by atoms with Gasteiger partial charge in [0.05, 0.1) is 18.8 Å². The summed E-state index contributed by atoms with van der Waals surface area (Å²) in [7, 11) is 0. The Kier molecular flexibility index (Phi) is 44.3. The van der Waals surface area contributed by atoms with Crippen LogP contribution in [0.2, 0.25) is 0 Å². The van der Waals surface area contributed by atoms with E-state index in [4.69, 9.17) is 0 Å². The SMILES string of the molecule is CCCCC/C=C\C/C=C\C/C=C\CCCCCCCCC(=O)NC(CO)C(O)/C=C/CCCCCCCCCCCCCCCCCCCCCCC. The van der Waals surface area contributed by atoms with Crippen molar-refractivity contribution in [1.29, 1.82) is 0 Å². The Bertz CT molecular complexity index is 862. The molecule has 1 amide bonds. The van der Waals surface area contributed by atoms with E-state index < -0.39 is 12.1 Å². The molecule has 0 aromatic carbocycles. The van der Waals surface area contributed by atoms with Crippen molar-refractivity contribution in [3.63, 3.8) is 0 Å². The molecule has 0 aliphatic carbocycles. The van der Waals surface area contributed by atoms with E-state index in [-0.39, 0.29) is 12.5 Å². The smallest absolute Gasteiger partial charge is 0.220 e. The predicted octanol–water partition coefficient (Wildman–Crippen LogP) is 15.1. The molecule has 4 nitrogen and oxygen atoms in total. The molecule has 0 spiro atoms. The van der Waals surface area contributed by atoms with Gasteiger partial charge in [-0.2, -0.15) is 0 Å². The van der Waals surface area contributed by atoms with Crippen molar-refractivity contribution in [3.8, 4) is 0 Å². The lowest BCUT2D eigenvalue weighted by Gasteiger charge is -2.20. The zero-order chi connectivity index (χ0) is 39.3. The second-order valence-corrected chi connectivity index (χ2v) is 16.2. The van der Waals surface area contributed by atoms with E-state index in [1.54, 1.807) is 6.08 Å². The molecule has 2 unspecified atom stereocenters. The van der Waals surface area contributed by atoms with Crippen LogP contribution in [0.15, 0.2) is 48.6 Å². The monoisotopic (exact) mass is 756 g/mol. The average molecular weight is 756 g/mol. The first kappa shape index (κ1) is 52.3. The molecule has 0 saturated heterocycles. The Morgan fingerprint density at radius 3 is 1.17 bits per heavy atom. The topological polar surface area (TPSA) is 69.6 Å². The zero-order valence-corrected chi connectivity index (χ0v) is 36.2. The highest BCUT2D eigenvalue weighted by Gasteiger charge is 2.17. The number of nitrogens with one attached hydrogen (secondary N) is 1. The molecule has 54 heavy (non-hydrogen) atoms. The zero-order valence-electron chi connectivity index (χ0n) is 36.2. The molecule has 0 heterocycles.